The second kappa shape index (κ2) is 3.93. The molecule has 1 aliphatic carbocycles. The first-order valence-electron chi connectivity index (χ1n) is 5.28. The van der Waals surface area contributed by atoms with Gasteiger partial charge in [-0.1, -0.05) is 30.3 Å². The maximum Gasteiger partial charge on any atom is 0.118 e. The molecule has 82 valence electrons. The topological polar surface area (TPSA) is 60.7 Å². The zero-order valence-corrected chi connectivity index (χ0v) is 8.50. The van der Waals surface area contributed by atoms with Gasteiger partial charge in [0.1, 0.15) is 11.7 Å². The van der Waals surface area contributed by atoms with Crippen molar-refractivity contribution >= 4 is 0 Å². The SMILES string of the molecule is OC1CCCC(O)(c2ccccc2)C1O. The van der Waals surface area contributed by atoms with E-state index in [1.54, 1.807) is 12.1 Å². The Morgan fingerprint density at radius 3 is 2.47 bits per heavy atom. The Hall–Kier alpha value is -0.900. The van der Waals surface area contributed by atoms with Gasteiger partial charge in [-0.05, 0) is 24.8 Å². The van der Waals surface area contributed by atoms with Crippen LogP contribution in [0, 0.1) is 0 Å². The largest absolute Gasteiger partial charge is 0.390 e. The zero-order valence-electron chi connectivity index (χ0n) is 8.50. The third-order valence-electron chi connectivity index (χ3n) is 3.19. The molecule has 0 aromatic heterocycles. The zero-order chi connectivity index (χ0) is 10.9. The van der Waals surface area contributed by atoms with Crippen molar-refractivity contribution in [1.82, 2.24) is 0 Å². The molecule has 0 aliphatic heterocycles. The van der Waals surface area contributed by atoms with E-state index in [1.807, 2.05) is 18.2 Å². The Bertz CT molecular complexity index is 325. The Kier molecular flexibility index (Phi) is 2.78. The second-order valence-corrected chi connectivity index (χ2v) is 4.19. The normalized spacial score (nSPS) is 36.5. The Morgan fingerprint density at radius 1 is 1.13 bits per heavy atom. The summed E-state index contributed by atoms with van der Waals surface area (Å²) in [6.07, 6.45) is -0.146. The lowest BCUT2D eigenvalue weighted by atomic mass is 9.76. The smallest absolute Gasteiger partial charge is 0.118 e. The maximum absolute atomic E-state index is 10.4. The molecule has 2 rings (SSSR count). The molecule has 3 heteroatoms. The number of hydrogen-bond donors (Lipinski definition) is 3. The average Bonchev–Trinajstić information content (AvgIpc) is 2.27. The molecule has 0 saturated heterocycles. The van der Waals surface area contributed by atoms with Crippen molar-refractivity contribution in [2.24, 2.45) is 0 Å². The summed E-state index contributed by atoms with van der Waals surface area (Å²) in [5, 5.41) is 29.8. The van der Waals surface area contributed by atoms with Crippen molar-refractivity contribution in [2.45, 2.75) is 37.1 Å². The molecule has 1 aromatic carbocycles. The molecule has 15 heavy (non-hydrogen) atoms. The summed E-state index contributed by atoms with van der Waals surface area (Å²) in [6, 6.07) is 9.06. The molecule has 0 radical (unpaired) electrons. The summed E-state index contributed by atoms with van der Waals surface area (Å²) in [5.74, 6) is 0. The Labute approximate surface area is 89.0 Å². The van der Waals surface area contributed by atoms with E-state index in [4.69, 9.17) is 0 Å². The summed E-state index contributed by atoms with van der Waals surface area (Å²) >= 11 is 0. The maximum atomic E-state index is 10.4. The number of aliphatic hydroxyl groups excluding tert-OH is 2. The summed E-state index contributed by atoms with van der Waals surface area (Å²) in [7, 11) is 0. The van der Waals surface area contributed by atoms with Crippen LogP contribution in [0.25, 0.3) is 0 Å². The molecule has 1 aliphatic rings. The van der Waals surface area contributed by atoms with E-state index in [1.165, 1.54) is 0 Å². The highest BCUT2D eigenvalue weighted by molar-refractivity contribution is 5.25. The van der Waals surface area contributed by atoms with Crippen molar-refractivity contribution in [1.29, 1.82) is 0 Å². The molecule has 1 fully saturated rings. The van der Waals surface area contributed by atoms with Crippen LogP contribution in [0.1, 0.15) is 24.8 Å². The van der Waals surface area contributed by atoms with Crippen LogP contribution in [0.4, 0.5) is 0 Å². The summed E-state index contributed by atoms with van der Waals surface area (Å²) < 4.78 is 0. The number of hydrogen-bond acceptors (Lipinski definition) is 3. The third kappa shape index (κ3) is 1.78. The fourth-order valence-corrected chi connectivity index (χ4v) is 2.25. The van der Waals surface area contributed by atoms with Crippen LogP contribution in [0.15, 0.2) is 30.3 Å². The molecule has 3 atom stereocenters. The molecule has 3 N–H and O–H groups in total. The second-order valence-electron chi connectivity index (χ2n) is 4.19. The number of aliphatic hydroxyl groups is 3. The van der Waals surface area contributed by atoms with Crippen LogP contribution in [0.5, 0.6) is 0 Å². The molecular weight excluding hydrogens is 192 g/mol. The van der Waals surface area contributed by atoms with Crippen LogP contribution < -0.4 is 0 Å². The van der Waals surface area contributed by atoms with Crippen molar-refractivity contribution in [3.8, 4) is 0 Å². The first-order valence-corrected chi connectivity index (χ1v) is 5.28. The van der Waals surface area contributed by atoms with Crippen LogP contribution >= 0.6 is 0 Å². The minimum atomic E-state index is -1.29. The first kappa shape index (κ1) is 10.6. The van der Waals surface area contributed by atoms with E-state index in [-0.39, 0.29) is 0 Å². The van der Waals surface area contributed by atoms with Gasteiger partial charge in [0.25, 0.3) is 0 Å². The molecule has 3 unspecified atom stereocenters. The molecule has 0 spiro atoms. The molecule has 3 nitrogen and oxygen atoms in total. The third-order valence-corrected chi connectivity index (χ3v) is 3.19. The lowest BCUT2D eigenvalue weighted by molar-refractivity contribution is -0.156. The van der Waals surface area contributed by atoms with Gasteiger partial charge in [-0.25, -0.2) is 0 Å². The summed E-state index contributed by atoms with van der Waals surface area (Å²) in [4.78, 5) is 0. The van der Waals surface area contributed by atoms with Crippen LogP contribution in [-0.4, -0.2) is 27.5 Å². The molecule has 0 bridgehead atoms. The van der Waals surface area contributed by atoms with Crippen LogP contribution in [0.2, 0.25) is 0 Å². The summed E-state index contributed by atoms with van der Waals surface area (Å²) in [6.45, 7) is 0. The van der Waals surface area contributed by atoms with Crippen molar-refractivity contribution in [3.63, 3.8) is 0 Å². The Balaban J connectivity index is 2.32. The standard InChI is InChI=1S/C12H16O3/c13-10-7-4-8-12(15,11(10)14)9-5-2-1-3-6-9/h1-3,5-6,10-11,13-15H,4,7-8H2. The highest BCUT2D eigenvalue weighted by Crippen LogP contribution is 2.37. The monoisotopic (exact) mass is 208 g/mol. The molecule has 0 amide bonds. The van der Waals surface area contributed by atoms with Crippen molar-refractivity contribution in [3.05, 3.63) is 35.9 Å². The Morgan fingerprint density at radius 2 is 1.80 bits per heavy atom. The van der Waals surface area contributed by atoms with Gasteiger partial charge in [0.05, 0.1) is 6.10 Å². The van der Waals surface area contributed by atoms with Crippen LogP contribution in [-0.2, 0) is 5.60 Å². The van der Waals surface area contributed by atoms with E-state index in [2.05, 4.69) is 0 Å². The van der Waals surface area contributed by atoms with Gasteiger partial charge in [-0.15, -0.1) is 0 Å². The fourth-order valence-electron chi connectivity index (χ4n) is 2.25. The van der Waals surface area contributed by atoms with E-state index in [0.717, 1.165) is 6.42 Å². The van der Waals surface area contributed by atoms with Gasteiger partial charge in [0.2, 0.25) is 0 Å². The van der Waals surface area contributed by atoms with Crippen molar-refractivity contribution in [2.75, 3.05) is 0 Å². The van der Waals surface area contributed by atoms with E-state index in [0.29, 0.717) is 18.4 Å². The van der Waals surface area contributed by atoms with Gasteiger partial charge in [-0.2, -0.15) is 0 Å². The summed E-state index contributed by atoms with van der Waals surface area (Å²) in [5.41, 5.74) is -0.616. The van der Waals surface area contributed by atoms with Gasteiger partial charge in [0.15, 0.2) is 0 Å². The van der Waals surface area contributed by atoms with E-state index >= 15 is 0 Å². The molecule has 0 heterocycles. The van der Waals surface area contributed by atoms with Gasteiger partial charge < -0.3 is 15.3 Å². The van der Waals surface area contributed by atoms with E-state index in [9.17, 15) is 15.3 Å². The lowest BCUT2D eigenvalue weighted by Crippen LogP contribution is -2.49. The minimum absolute atomic E-state index is 0.495. The predicted molar refractivity (Wildman–Crippen MR) is 56.2 cm³/mol. The number of benzene rings is 1. The number of rotatable bonds is 1. The van der Waals surface area contributed by atoms with Gasteiger partial charge in [-0.3, -0.25) is 0 Å². The van der Waals surface area contributed by atoms with Gasteiger partial charge in [0, 0.05) is 0 Å². The van der Waals surface area contributed by atoms with E-state index < -0.39 is 17.8 Å². The van der Waals surface area contributed by atoms with Gasteiger partial charge >= 0.3 is 0 Å². The van der Waals surface area contributed by atoms with Crippen LogP contribution in [0.3, 0.4) is 0 Å². The minimum Gasteiger partial charge on any atom is -0.390 e. The fraction of sp³-hybridized carbons (Fsp3) is 0.500. The van der Waals surface area contributed by atoms with Crippen molar-refractivity contribution < 1.29 is 15.3 Å². The quantitative estimate of drug-likeness (QED) is 0.639. The highest BCUT2D eigenvalue weighted by Gasteiger charge is 2.43. The average molecular weight is 208 g/mol. The lowest BCUT2D eigenvalue weighted by Gasteiger charge is -2.40. The predicted octanol–water partition coefficient (Wildman–Crippen LogP) is 0.780. The first-order chi connectivity index (χ1) is 7.14. The molecular formula is C12H16O3. The molecule has 1 aromatic rings. The molecule has 1 saturated carbocycles. The highest BCUT2D eigenvalue weighted by atomic mass is 16.4.